The standard InChI is InChI=1S/C13H11ClN4S/c1-15-13-17-11(10-5-6-19-12(10)18-13)16-9-4-2-3-8(14)7-9/h2-7H,1H3,(H2,15,16,17,18). The maximum absolute atomic E-state index is 5.98. The molecule has 0 amide bonds. The fourth-order valence-electron chi connectivity index (χ4n) is 1.77. The van der Waals surface area contributed by atoms with E-state index in [0.717, 1.165) is 21.7 Å². The lowest BCUT2D eigenvalue weighted by atomic mass is 10.3. The van der Waals surface area contributed by atoms with E-state index in [2.05, 4.69) is 20.6 Å². The molecule has 96 valence electrons. The van der Waals surface area contributed by atoms with Gasteiger partial charge in [-0.1, -0.05) is 17.7 Å². The van der Waals surface area contributed by atoms with Crippen LogP contribution in [0.25, 0.3) is 10.2 Å². The van der Waals surface area contributed by atoms with Crippen molar-refractivity contribution < 1.29 is 0 Å². The molecule has 19 heavy (non-hydrogen) atoms. The topological polar surface area (TPSA) is 49.8 Å². The van der Waals surface area contributed by atoms with Crippen LogP contribution in [0.5, 0.6) is 0 Å². The number of halogens is 1. The van der Waals surface area contributed by atoms with Crippen molar-refractivity contribution in [1.29, 1.82) is 0 Å². The lowest BCUT2D eigenvalue weighted by molar-refractivity contribution is 1.20. The van der Waals surface area contributed by atoms with Gasteiger partial charge in [0.25, 0.3) is 0 Å². The molecule has 0 saturated carbocycles. The average Bonchev–Trinajstić information content (AvgIpc) is 2.87. The molecule has 6 heteroatoms. The van der Waals surface area contributed by atoms with Crippen LogP contribution >= 0.6 is 22.9 Å². The van der Waals surface area contributed by atoms with Gasteiger partial charge >= 0.3 is 0 Å². The van der Waals surface area contributed by atoms with Gasteiger partial charge in [0, 0.05) is 17.8 Å². The molecule has 0 aliphatic carbocycles. The minimum absolute atomic E-state index is 0.597. The van der Waals surface area contributed by atoms with E-state index in [1.54, 1.807) is 18.4 Å². The Hall–Kier alpha value is -1.85. The number of fused-ring (bicyclic) bond motifs is 1. The summed E-state index contributed by atoms with van der Waals surface area (Å²) >= 11 is 7.57. The molecule has 0 spiro atoms. The van der Waals surface area contributed by atoms with Crippen LogP contribution in [0, 0.1) is 0 Å². The lowest BCUT2D eigenvalue weighted by Gasteiger charge is -2.08. The zero-order valence-electron chi connectivity index (χ0n) is 10.1. The Bertz CT molecular complexity index is 725. The first-order valence-electron chi connectivity index (χ1n) is 5.72. The first-order chi connectivity index (χ1) is 9.26. The summed E-state index contributed by atoms with van der Waals surface area (Å²) in [5.41, 5.74) is 0.903. The summed E-state index contributed by atoms with van der Waals surface area (Å²) in [6.45, 7) is 0. The quantitative estimate of drug-likeness (QED) is 0.761. The molecule has 4 nitrogen and oxygen atoms in total. The Morgan fingerprint density at radius 1 is 1.21 bits per heavy atom. The van der Waals surface area contributed by atoms with E-state index < -0.39 is 0 Å². The maximum Gasteiger partial charge on any atom is 0.225 e. The normalized spacial score (nSPS) is 10.6. The van der Waals surface area contributed by atoms with Gasteiger partial charge in [0.1, 0.15) is 10.6 Å². The second-order valence-corrected chi connectivity index (χ2v) is 5.25. The highest BCUT2D eigenvalue weighted by Gasteiger charge is 2.08. The van der Waals surface area contributed by atoms with Crippen molar-refractivity contribution in [3.8, 4) is 0 Å². The van der Waals surface area contributed by atoms with Gasteiger partial charge in [-0.2, -0.15) is 4.98 Å². The summed E-state index contributed by atoms with van der Waals surface area (Å²) < 4.78 is 0. The Morgan fingerprint density at radius 3 is 2.89 bits per heavy atom. The van der Waals surface area contributed by atoms with Crippen LogP contribution in [-0.2, 0) is 0 Å². The molecule has 3 aromatic rings. The van der Waals surface area contributed by atoms with Crippen molar-refractivity contribution in [3.05, 3.63) is 40.7 Å². The van der Waals surface area contributed by atoms with Crippen molar-refractivity contribution in [2.75, 3.05) is 17.7 Å². The molecule has 0 aliphatic rings. The maximum atomic E-state index is 5.98. The molecule has 2 aromatic heterocycles. The number of anilines is 3. The Labute approximate surface area is 119 Å². The van der Waals surface area contributed by atoms with Crippen LogP contribution in [0.3, 0.4) is 0 Å². The van der Waals surface area contributed by atoms with Crippen molar-refractivity contribution in [3.63, 3.8) is 0 Å². The molecule has 2 N–H and O–H groups in total. The predicted molar refractivity (Wildman–Crippen MR) is 81.7 cm³/mol. The smallest absolute Gasteiger partial charge is 0.225 e. The third kappa shape index (κ3) is 2.47. The molecule has 0 atom stereocenters. The van der Waals surface area contributed by atoms with E-state index in [1.807, 2.05) is 35.7 Å². The van der Waals surface area contributed by atoms with Crippen molar-refractivity contribution in [1.82, 2.24) is 9.97 Å². The third-order valence-electron chi connectivity index (χ3n) is 2.64. The zero-order valence-corrected chi connectivity index (χ0v) is 11.7. The SMILES string of the molecule is CNc1nc(Nc2cccc(Cl)c2)c2ccsc2n1. The minimum atomic E-state index is 0.597. The Kier molecular flexibility index (Phi) is 3.23. The summed E-state index contributed by atoms with van der Waals surface area (Å²) in [5.74, 6) is 1.37. The van der Waals surface area contributed by atoms with Crippen LogP contribution in [0.1, 0.15) is 0 Å². The van der Waals surface area contributed by atoms with Crippen molar-refractivity contribution >= 4 is 50.6 Å². The van der Waals surface area contributed by atoms with Crippen molar-refractivity contribution in [2.24, 2.45) is 0 Å². The third-order valence-corrected chi connectivity index (χ3v) is 3.68. The number of nitrogens with one attached hydrogen (secondary N) is 2. The molecule has 1 aromatic carbocycles. The fraction of sp³-hybridized carbons (Fsp3) is 0.0769. The minimum Gasteiger partial charge on any atom is -0.357 e. The lowest BCUT2D eigenvalue weighted by Crippen LogP contribution is -2.00. The van der Waals surface area contributed by atoms with Gasteiger partial charge in [-0.25, -0.2) is 4.98 Å². The number of aromatic nitrogens is 2. The van der Waals surface area contributed by atoms with Crippen LogP contribution in [0.4, 0.5) is 17.5 Å². The monoisotopic (exact) mass is 290 g/mol. The fourth-order valence-corrected chi connectivity index (χ4v) is 2.72. The molecular weight excluding hydrogens is 280 g/mol. The first kappa shape index (κ1) is 12.2. The molecule has 3 rings (SSSR count). The molecule has 0 saturated heterocycles. The van der Waals surface area contributed by atoms with Gasteiger partial charge in [-0.15, -0.1) is 11.3 Å². The largest absolute Gasteiger partial charge is 0.357 e. The molecule has 0 bridgehead atoms. The van der Waals surface area contributed by atoms with E-state index in [1.165, 1.54) is 0 Å². The summed E-state index contributed by atoms with van der Waals surface area (Å²) in [7, 11) is 1.80. The van der Waals surface area contributed by atoms with Crippen LogP contribution in [-0.4, -0.2) is 17.0 Å². The number of thiophene rings is 1. The molecule has 0 aliphatic heterocycles. The van der Waals surface area contributed by atoms with E-state index in [9.17, 15) is 0 Å². The number of hydrogen-bond acceptors (Lipinski definition) is 5. The Balaban J connectivity index is 2.06. The summed E-state index contributed by atoms with van der Waals surface area (Å²) in [5, 5.41) is 9.94. The highest BCUT2D eigenvalue weighted by atomic mass is 35.5. The summed E-state index contributed by atoms with van der Waals surface area (Å²) in [6.07, 6.45) is 0. The first-order valence-corrected chi connectivity index (χ1v) is 6.97. The van der Waals surface area contributed by atoms with Crippen LogP contribution in [0.2, 0.25) is 5.02 Å². The van der Waals surface area contributed by atoms with E-state index in [-0.39, 0.29) is 0 Å². The van der Waals surface area contributed by atoms with E-state index >= 15 is 0 Å². The molecular formula is C13H11ClN4S. The van der Waals surface area contributed by atoms with Gasteiger partial charge in [0.2, 0.25) is 5.95 Å². The van der Waals surface area contributed by atoms with E-state index in [0.29, 0.717) is 11.0 Å². The van der Waals surface area contributed by atoms with Crippen molar-refractivity contribution in [2.45, 2.75) is 0 Å². The van der Waals surface area contributed by atoms with Gasteiger partial charge < -0.3 is 10.6 Å². The molecule has 0 fully saturated rings. The van der Waals surface area contributed by atoms with E-state index in [4.69, 9.17) is 11.6 Å². The Morgan fingerprint density at radius 2 is 2.11 bits per heavy atom. The van der Waals surface area contributed by atoms with Gasteiger partial charge in [-0.05, 0) is 29.6 Å². The molecule has 2 heterocycles. The zero-order chi connectivity index (χ0) is 13.2. The molecule has 0 radical (unpaired) electrons. The number of nitrogens with zero attached hydrogens (tertiary/aromatic N) is 2. The van der Waals surface area contributed by atoms with Gasteiger partial charge in [-0.3, -0.25) is 0 Å². The predicted octanol–water partition coefficient (Wildman–Crippen LogP) is 4.13. The molecule has 0 unspecified atom stereocenters. The highest BCUT2D eigenvalue weighted by molar-refractivity contribution is 7.16. The second kappa shape index (κ2) is 5.03. The average molecular weight is 291 g/mol. The number of hydrogen-bond donors (Lipinski definition) is 2. The number of rotatable bonds is 3. The van der Waals surface area contributed by atoms with Crippen LogP contribution in [0.15, 0.2) is 35.7 Å². The highest BCUT2D eigenvalue weighted by Crippen LogP contribution is 2.29. The summed E-state index contributed by atoms with van der Waals surface area (Å²) in [4.78, 5) is 9.80. The summed E-state index contributed by atoms with van der Waals surface area (Å²) in [6, 6.07) is 9.56. The van der Waals surface area contributed by atoms with Gasteiger partial charge in [0.05, 0.1) is 5.39 Å². The van der Waals surface area contributed by atoms with Gasteiger partial charge in [0.15, 0.2) is 0 Å². The number of benzene rings is 1. The van der Waals surface area contributed by atoms with Crippen LogP contribution < -0.4 is 10.6 Å². The second-order valence-electron chi connectivity index (χ2n) is 3.92.